The van der Waals surface area contributed by atoms with Crippen LogP contribution in [0.1, 0.15) is 38.6 Å². The molecule has 2 amide bonds. The number of rotatable bonds is 7. The van der Waals surface area contributed by atoms with Crippen molar-refractivity contribution in [3.63, 3.8) is 0 Å². The molecule has 0 bridgehead atoms. The van der Waals surface area contributed by atoms with Gasteiger partial charge in [-0.3, -0.25) is 14.3 Å². The van der Waals surface area contributed by atoms with Crippen LogP contribution in [0.25, 0.3) is 0 Å². The highest BCUT2D eigenvalue weighted by atomic mass is 32.2. The van der Waals surface area contributed by atoms with Gasteiger partial charge in [0.05, 0.1) is 28.4 Å². The molecule has 2 aromatic carbocycles. The molecule has 0 aliphatic heterocycles. The number of carbonyl (C=O) groups excluding carboxylic acids is 2. The number of sulfonamides is 1. The first-order chi connectivity index (χ1) is 14.2. The normalized spacial score (nSPS) is 12.1. The molecule has 156 valence electrons. The summed E-state index contributed by atoms with van der Waals surface area (Å²) in [6, 6.07) is 17.3. The molecule has 1 aromatic heterocycles. The number of nitrogens with one attached hydrogen (secondary N) is 3. The van der Waals surface area contributed by atoms with Crippen molar-refractivity contribution in [2.24, 2.45) is 0 Å². The van der Waals surface area contributed by atoms with Crippen LogP contribution < -0.4 is 15.4 Å². The summed E-state index contributed by atoms with van der Waals surface area (Å²) in [4.78, 5) is 25.4. The van der Waals surface area contributed by atoms with E-state index in [9.17, 15) is 18.0 Å². The van der Waals surface area contributed by atoms with Crippen molar-refractivity contribution in [3.8, 4) is 0 Å². The molecule has 1 heterocycles. The standard InChI is InChI=1S/C21H21N3O4S2/c1-14(15-7-4-3-5-8-15)22-20(25)16-11-19(29-13-16)21(26)23-17-9-6-10-18(12-17)24-30(2,27)28/h3-14,24H,1-2H3,(H,22,25)(H,23,26). The van der Waals surface area contributed by atoms with Crippen molar-refractivity contribution in [3.05, 3.63) is 82.0 Å². The number of amides is 2. The van der Waals surface area contributed by atoms with E-state index in [0.717, 1.165) is 23.2 Å². The van der Waals surface area contributed by atoms with E-state index in [1.54, 1.807) is 23.6 Å². The van der Waals surface area contributed by atoms with Gasteiger partial charge in [-0.1, -0.05) is 36.4 Å². The van der Waals surface area contributed by atoms with Crippen LogP contribution in [0, 0.1) is 0 Å². The zero-order valence-electron chi connectivity index (χ0n) is 16.4. The topological polar surface area (TPSA) is 104 Å². The quantitative estimate of drug-likeness (QED) is 0.516. The van der Waals surface area contributed by atoms with Crippen molar-refractivity contribution < 1.29 is 18.0 Å². The summed E-state index contributed by atoms with van der Waals surface area (Å²) in [7, 11) is -3.42. The van der Waals surface area contributed by atoms with Crippen molar-refractivity contribution in [1.82, 2.24) is 5.32 Å². The highest BCUT2D eigenvalue weighted by molar-refractivity contribution is 7.92. The molecule has 9 heteroatoms. The van der Waals surface area contributed by atoms with Crippen LogP contribution in [0.4, 0.5) is 11.4 Å². The number of benzene rings is 2. The van der Waals surface area contributed by atoms with Crippen molar-refractivity contribution >= 4 is 44.5 Å². The minimum atomic E-state index is -3.42. The maximum Gasteiger partial charge on any atom is 0.265 e. The number of thiophene rings is 1. The summed E-state index contributed by atoms with van der Waals surface area (Å²) in [5.74, 6) is -0.646. The number of hydrogen-bond donors (Lipinski definition) is 3. The number of carbonyl (C=O) groups is 2. The predicted molar refractivity (Wildman–Crippen MR) is 120 cm³/mol. The van der Waals surface area contributed by atoms with Gasteiger partial charge in [-0.05, 0) is 36.8 Å². The summed E-state index contributed by atoms with van der Waals surface area (Å²) < 4.78 is 25.1. The molecule has 0 aliphatic rings. The summed E-state index contributed by atoms with van der Waals surface area (Å²) in [6.45, 7) is 1.89. The summed E-state index contributed by atoms with van der Waals surface area (Å²) in [6.07, 6.45) is 1.05. The third-order valence-electron chi connectivity index (χ3n) is 4.16. The van der Waals surface area contributed by atoms with Gasteiger partial charge in [0.25, 0.3) is 11.8 Å². The Labute approximate surface area is 179 Å². The molecule has 0 fully saturated rings. The molecule has 3 N–H and O–H groups in total. The van der Waals surface area contributed by atoms with Gasteiger partial charge in [-0.2, -0.15) is 0 Å². The van der Waals surface area contributed by atoms with Gasteiger partial charge in [0.15, 0.2) is 0 Å². The maximum absolute atomic E-state index is 12.5. The molecule has 1 atom stereocenters. The van der Waals surface area contributed by atoms with Gasteiger partial charge < -0.3 is 10.6 Å². The average molecular weight is 444 g/mol. The van der Waals surface area contributed by atoms with Crippen molar-refractivity contribution in [1.29, 1.82) is 0 Å². The maximum atomic E-state index is 12.5. The lowest BCUT2D eigenvalue weighted by Crippen LogP contribution is -2.26. The number of hydrogen-bond acceptors (Lipinski definition) is 5. The molecule has 30 heavy (non-hydrogen) atoms. The molecule has 0 spiro atoms. The third kappa shape index (κ3) is 5.91. The molecule has 3 rings (SSSR count). The summed E-state index contributed by atoms with van der Waals surface area (Å²) in [5, 5.41) is 7.25. The van der Waals surface area contributed by atoms with E-state index in [-0.39, 0.29) is 17.9 Å². The van der Waals surface area contributed by atoms with Crippen LogP contribution in [0.3, 0.4) is 0 Å². The largest absolute Gasteiger partial charge is 0.345 e. The molecule has 0 saturated heterocycles. The lowest BCUT2D eigenvalue weighted by atomic mass is 10.1. The van der Waals surface area contributed by atoms with Gasteiger partial charge in [-0.15, -0.1) is 11.3 Å². The Bertz CT molecular complexity index is 1160. The number of anilines is 2. The molecule has 1 unspecified atom stereocenters. The first-order valence-electron chi connectivity index (χ1n) is 9.05. The van der Waals surface area contributed by atoms with Crippen LogP contribution >= 0.6 is 11.3 Å². The predicted octanol–water partition coefficient (Wildman–Crippen LogP) is 3.86. The van der Waals surface area contributed by atoms with E-state index in [1.807, 2.05) is 37.3 Å². The Hall–Kier alpha value is -3.17. The highest BCUT2D eigenvalue weighted by Crippen LogP contribution is 2.21. The fourth-order valence-electron chi connectivity index (χ4n) is 2.75. The van der Waals surface area contributed by atoms with E-state index in [0.29, 0.717) is 21.8 Å². The van der Waals surface area contributed by atoms with Gasteiger partial charge in [0.1, 0.15) is 0 Å². The van der Waals surface area contributed by atoms with Crippen LogP contribution in [-0.2, 0) is 10.0 Å². The SMILES string of the molecule is CC(NC(=O)c1csc(C(=O)Nc2cccc(NS(C)(=O)=O)c2)c1)c1ccccc1. The summed E-state index contributed by atoms with van der Waals surface area (Å²) >= 11 is 1.16. The molecule has 0 radical (unpaired) electrons. The van der Waals surface area contributed by atoms with Crippen LogP contribution in [0.15, 0.2) is 66.0 Å². The molecule has 0 aliphatic carbocycles. The fraction of sp³-hybridized carbons (Fsp3) is 0.143. The Balaban J connectivity index is 1.65. The lowest BCUT2D eigenvalue weighted by Gasteiger charge is -2.13. The molecular formula is C21H21N3O4S2. The average Bonchev–Trinajstić information content (AvgIpc) is 3.18. The van der Waals surface area contributed by atoms with Gasteiger partial charge in [-0.25, -0.2) is 8.42 Å². The Morgan fingerprint density at radius 1 is 0.933 bits per heavy atom. The van der Waals surface area contributed by atoms with Crippen molar-refractivity contribution in [2.75, 3.05) is 16.3 Å². The Kier molecular flexibility index (Phi) is 6.53. The van der Waals surface area contributed by atoms with Crippen molar-refractivity contribution in [2.45, 2.75) is 13.0 Å². The molecule has 3 aromatic rings. The first-order valence-corrected chi connectivity index (χ1v) is 11.8. The van der Waals surface area contributed by atoms with Gasteiger partial charge >= 0.3 is 0 Å². The minimum absolute atomic E-state index is 0.166. The van der Waals surface area contributed by atoms with Crippen LogP contribution in [-0.4, -0.2) is 26.5 Å². The second-order valence-electron chi connectivity index (χ2n) is 6.71. The Morgan fingerprint density at radius 2 is 1.63 bits per heavy atom. The van der Waals surface area contributed by atoms with Gasteiger partial charge in [0.2, 0.25) is 10.0 Å². The Morgan fingerprint density at radius 3 is 2.33 bits per heavy atom. The second kappa shape index (κ2) is 9.10. The van der Waals surface area contributed by atoms with E-state index in [4.69, 9.17) is 0 Å². The molecular weight excluding hydrogens is 422 g/mol. The second-order valence-corrected chi connectivity index (χ2v) is 9.37. The molecule has 7 nitrogen and oxygen atoms in total. The molecule has 0 saturated carbocycles. The third-order valence-corrected chi connectivity index (χ3v) is 5.69. The van der Waals surface area contributed by atoms with Crippen LogP contribution in [0.5, 0.6) is 0 Å². The van der Waals surface area contributed by atoms with E-state index in [1.165, 1.54) is 12.1 Å². The zero-order chi connectivity index (χ0) is 21.7. The zero-order valence-corrected chi connectivity index (χ0v) is 18.0. The monoisotopic (exact) mass is 443 g/mol. The van der Waals surface area contributed by atoms with E-state index < -0.39 is 10.0 Å². The highest BCUT2D eigenvalue weighted by Gasteiger charge is 2.16. The smallest absolute Gasteiger partial charge is 0.265 e. The fourth-order valence-corrected chi connectivity index (χ4v) is 4.08. The lowest BCUT2D eigenvalue weighted by molar-refractivity contribution is 0.0940. The van der Waals surface area contributed by atoms with E-state index in [2.05, 4.69) is 15.4 Å². The summed E-state index contributed by atoms with van der Waals surface area (Å²) in [5.41, 5.74) is 2.17. The van der Waals surface area contributed by atoms with Crippen LogP contribution in [0.2, 0.25) is 0 Å². The first kappa shape index (κ1) is 21.5. The van der Waals surface area contributed by atoms with Gasteiger partial charge in [0, 0.05) is 11.1 Å². The minimum Gasteiger partial charge on any atom is -0.345 e. The van der Waals surface area contributed by atoms with E-state index >= 15 is 0 Å².